The van der Waals surface area contributed by atoms with E-state index in [1.54, 1.807) is 18.3 Å². The second-order valence-corrected chi connectivity index (χ2v) is 9.84. The van der Waals surface area contributed by atoms with Gasteiger partial charge in [-0.25, -0.2) is 8.42 Å². The molecule has 0 spiro atoms. The molecule has 1 saturated heterocycles. The molecule has 1 atom stereocenters. The van der Waals surface area contributed by atoms with Crippen LogP contribution in [0.25, 0.3) is 0 Å². The molecule has 1 aliphatic heterocycles. The molecule has 0 radical (unpaired) electrons. The van der Waals surface area contributed by atoms with E-state index in [-0.39, 0.29) is 16.7 Å². The Kier molecular flexibility index (Phi) is 5.96. The Morgan fingerprint density at radius 2 is 1.90 bits per heavy atom. The van der Waals surface area contributed by atoms with Gasteiger partial charge in [0, 0.05) is 43.9 Å². The van der Waals surface area contributed by atoms with Gasteiger partial charge in [0.1, 0.15) is 4.90 Å². The molecule has 0 unspecified atom stereocenters. The zero-order valence-electron chi connectivity index (χ0n) is 16.5. The molecule has 1 fully saturated rings. The molecule has 1 aromatic heterocycles. The molecular weight excluding hydrogens is 386 g/mol. The highest BCUT2D eigenvalue weighted by atomic mass is 32.2. The molecule has 1 aromatic carbocycles. The number of piperidine rings is 1. The smallest absolute Gasteiger partial charge is 0.244 e. The van der Waals surface area contributed by atoms with Gasteiger partial charge >= 0.3 is 0 Å². The Bertz CT molecular complexity index is 954. The highest BCUT2D eigenvalue weighted by molar-refractivity contribution is 7.89. The van der Waals surface area contributed by atoms with Crippen LogP contribution in [0.15, 0.2) is 53.7 Å². The maximum Gasteiger partial charge on any atom is 0.244 e. The maximum absolute atomic E-state index is 12.7. The van der Waals surface area contributed by atoms with Crippen LogP contribution in [0.4, 0.5) is 0 Å². The lowest BCUT2D eigenvalue weighted by atomic mass is 9.82. The SMILES string of the molecule is O=C(NC[C@@H]1CCCc2ccccc21)C1CCN(S(=O)(=O)c2cccnc2)CC1. The van der Waals surface area contributed by atoms with Crippen LogP contribution in [0.1, 0.15) is 42.7 Å². The van der Waals surface area contributed by atoms with Crippen molar-refractivity contribution < 1.29 is 13.2 Å². The van der Waals surface area contributed by atoms with Crippen molar-refractivity contribution in [3.8, 4) is 0 Å². The first-order valence-corrected chi connectivity index (χ1v) is 11.8. The molecule has 4 rings (SSSR count). The van der Waals surface area contributed by atoms with E-state index in [0.717, 1.165) is 19.3 Å². The molecule has 6 nitrogen and oxygen atoms in total. The van der Waals surface area contributed by atoms with Crippen LogP contribution in [0.2, 0.25) is 0 Å². The summed E-state index contributed by atoms with van der Waals surface area (Å²) in [5.74, 6) is 0.288. The van der Waals surface area contributed by atoms with Gasteiger partial charge in [0.05, 0.1) is 0 Å². The van der Waals surface area contributed by atoms with Gasteiger partial charge in [-0.3, -0.25) is 9.78 Å². The summed E-state index contributed by atoms with van der Waals surface area (Å²) >= 11 is 0. The number of pyridine rings is 1. The van der Waals surface area contributed by atoms with Crippen molar-refractivity contribution in [3.05, 3.63) is 59.9 Å². The Balaban J connectivity index is 1.31. The Labute approximate surface area is 172 Å². The summed E-state index contributed by atoms with van der Waals surface area (Å²) in [5.41, 5.74) is 2.75. The lowest BCUT2D eigenvalue weighted by molar-refractivity contribution is -0.126. The van der Waals surface area contributed by atoms with Crippen LogP contribution >= 0.6 is 0 Å². The van der Waals surface area contributed by atoms with Gasteiger partial charge < -0.3 is 5.32 Å². The van der Waals surface area contributed by atoms with Gasteiger partial charge in [0.15, 0.2) is 0 Å². The lowest BCUT2D eigenvalue weighted by Gasteiger charge is -2.31. The normalized spacial score (nSPS) is 20.8. The maximum atomic E-state index is 12.7. The van der Waals surface area contributed by atoms with Crippen LogP contribution in [-0.2, 0) is 21.2 Å². The van der Waals surface area contributed by atoms with Gasteiger partial charge in [0.2, 0.25) is 15.9 Å². The number of hydrogen-bond acceptors (Lipinski definition) is 4. The number of carbonyl (C=O) groups is 1. The molecular formula is C22H27N3O3S. The summed E-state index contributed by atoms with van der Waals surface area (Å²) in [6, 6.07) is 11.7. The third kappa shape index (κ3) is 4.36. The summed E-state index contributed by atoms with van der Waals surface area (Å²) in [6.07, 6.45) is 7.39. The fourth-order valence-electron chi connectivity index (χ4n) is 4.44. The average Bonchev–Trinajstić information content (AvgIpc) is 2.78. The monoisotopic (exact) mass is 413 g/mol. The zero-order chi connectivity index (χ0) is 20.3. The summed E-state index contributed by atoms with van der Waals surface area (Å²) < 4.78 is 26.9. The molecule has 1 amide bonds. The number of nitrogens with zero attached hydrogens (tertiary/aromatic N) is 2. The van der Waals surface area contributed by atoms with Gasteiger partial charge in [-0.05, 0) is 55.4 Å². The van der Waals surface area contributed by atoms with E-state index in [4.69, 9.17) is 0 Å². The van der Waals surface area contributed by atoms with Crippen molar-refractivity contribution in [1.82, 2.24) is 14.6 Å². The van der Waals surface area contributed by atoms with Crippen molar-refractivity contribution in [2.24, 2.45) is 5.92 Å². The second kappa shape index (κ2) is 8.63. The first-order chi connectivity index (χ1) is 14.1. The molecule has 1 aliphatic carbocycles. The number of sulfonamides is 1. The molecule has 154 valence electrons. The third-order valence-electron chi connectivity index (χ3n) is 6.11. The standard InChI is InChI=1S/C22H27N3O3S/c26-22(24-15-19-7-3-6-17-5-1-2-9-21(17)19)18-10-13-25(14-11-18)29(27,28)20-8-4-12-23-16-20/h1-2,4-5,8-9,12,16,18-19H,3,6-7,10-11,13-15H2,(H,24,26)/t19-/m0/s1. The van der Waals surface area contributed by atoms with Crippen molar-refractivity contribution in [1.29, 1.82) is 0 Å². The lowest BCUT2D eigenvalue weighted by Crippen LogP contribution is -2.43. The number of rotatable bonds is 5. The summed E-state index contributed by atoms with van der Waals surface area (Å²) in [5, 5.41) is 3.13. The molecule has 2 aromatic rings. The first kappa shape index (κ1) is 20.0. The number of nitrogens with one attached hydrogen (secondary N) is 1. The highest BCUT2D eigenvalue weighted by Gasteiger charge is 2.32. The Morgan fingerprint density at radius 1 is 1.10 bits per heavy atom. The first-order valence-electron chi connectivity index (χ1n) is 10.3. The number of fused-ring (bicyclic) bond motifs is 1. The average molecular weight is 414 g/mol. The molecule has 1 N–H and O–H groups in total. The second-order valence-electron chi connectivity index (χ2n) is 7.90. The third-order valence-corrected chi connectivity index (χ3v) is 8.00. The van der Waals surface area contributed by atoms with Crippen molar-refractivity contribution in [3.63, 3.8) is 0 Å². The number of carbonyl (C=O) groups excluding carboxylic acids is 1. The van der Waals surface area contributed by atoms with E-state index in [9.17, 15) is 13.2 Å². The predicted molar refractivity (Wildman–Crippen MR) is 111 cm³/mol. The van der Waals surface area contributed by atoms with E-state index < -0.39 is 10.0 Å². The van der Waals surface area contributed by atoms with Crippen molar-refractivity contribution in [2.75, 3.05) is 19.6 Å². The van der Waals surface area contributed by atoms with Gasteiger partial charge in [-0.2, -0.15) is 4.31 Å². The fraction of sp³-hybridized carbons (Fsp3) is 0.455. The molecule has 7 heteroatoms. The summed E-state index contributed by atoms with van der Waals surface area (Å²) in [6.45, 7) is 1.38. The van der Waals surface area contributed by atoms with Crippen LogP contribution in [0.5, 0.6) is 0 Å². The highest BCUT2D eigenvalue weighted by Crippen LogP contribution is 2.31. The molecule has 0 bridgehead atoms. The van der Waals surface area contributed by atoms with Crippen LogP contribution < -0.4 is 5.32 Å². The topological polar surface area (TPSA) is 79.4 Å². The van der Waals surface area contributed by atoms with E-state index in [2.05, 4.69) is 34.6 Å². The summed E-state index contributed by atoms with van der Waals surface area (Å²) in [4.78, 5) is 16.8. The minimum Gasteiger partial charge on any atom is -0.355 e. The Morgan fingerprint density at radius 3 is 2.66 bits per heavy atom. The number of aromatic nitrogens is 1. The molecule has 29 heavy (non-hydrogen) atoms. The minimum absolute atomic E-state index is 0.0477. The number of aryl methyl sites for hydroxylation is 1. The molecule has 0 saturated carbocycles. The van der Waals surface area contributed by atoms with E-state index in [1.165, 1.54) is 21.6 Å². The number of hydrogen-bond donors (Lipinski definition) is 1. The van der Waals surface area contributed by atoms with Crippen molar-refractivity contribution in [2.45, 2.75) is 42.9 Å². The molecule has 2 heterocycles. The van der Waals surface area contributed by atoms with Gasteiger partial charge in [-0.1, -0.05) is 24.3 Å². The summed E-state index contributed by atoms with van der Waals surface area (Å²) in [7, 11) is -3.53. The van der Waals surface area contributed by atoms with Crippen LogP contribution in [0.3, 0.4) is 0 Å². The fourth-order valence-corrected chi connectivity index (χ4v) is 5.88. The van der Waals surface area contributed by atoms with Crippen molar-refractivity contribution >= 4 is 15.9 Å². The Hall–Kier alpha value is -2.25. The van der Waals surface area contributed by atoms with E-state index >= 15 is 0 Å². The number of amides is 1. The van der Waals surface area contributed by atoms with E-state index in [1.807, 2.05) is 0 Å². The zero-order valence-corrected chi connectivity index (χ0v) is 17.3. The molecule has 2 aliphatic rings. The van der Waals surface area contributed by atoms with Gasteiger partial charge in [0.25, 0.3) is 0 Å². The van der Waals surface area contributed by atoms with E-state index in [0.29, 0.717) is 38.4 Å². The van der Waals surface area contributed by atoms with Crippen LogP contribution in [0, 0.1) is 5.92 Å². The van der Waals surface area contributed by atoms with Gasteiger partial charge in [-0.15, -0.1) is 0 Å². The quantitative estimate of drug-likeness (QED) is 0.817. The predicted octanol–water partition coefficient (Wildman–Crippen LogP) is 2.72. The largest absolute Gasteiger partial charge is 0.355 e. The number of benzene rings is 1. The minimum atomic E-state index is -3.53. The van der Waals surface area contributed by atoms with Crippen LogP contribution in [-0.4, -0.2) is 43.2 Å².